The molecule has 1 unspecified atom stereocenters. The van der Waals surface area contributed by atoms with Crippen molar-refractivity contribution in [2.45, 2.75) is 32.3 Å². The van der Waals surface area contributed by atoms with E-state index in [1.807, 2.05) is 24.3 Å². The monoisotopic (exact) mass is 292 g/mol. The largest absolute Gasteiger partial charge is 0.388 e. The molecule has 1 N–H and O–H groups in total. The van der Waals surface area contributed by atoms with Gasteiger partial charge in [0, 0.05) is 6.42 Å². The Balaban J connectivity index is 2.10. The molecule has 0 aliphatic rings. The van der Waals surface area contributed by atoms with Crippen LogP contribution in [0.1, 0.15) is 42.6 Å². The maximum Gasteiger partial charge on any atom is 0.142 e. The number of aliphatic hydroxyl groups excluding tert-OH is 1. The van der Waals surface area contributed by atoms with Crippen molar-refractivity contribution in [2.75, 3.05) is 0 Å². The first-order valence-electron chi connectivity index (χ1n) is 6.69. The summed E-state index contributed by atoms with van der Waals surface area (Å²) < 4.78 is 13.4. The SMILES string of the molecule is CC(C)c1ccc(C(O)Cc2ccc(Cl)c(F)c2)cc1. The average Bonchev–Trinajstić information content (AvgIpc) is 2.43. The highest BCUT2D eigenvalue weighted by Gasteiger charge is 2.10. The predicted molar refractivity (Wildman–Crippen MR) is 80.6 cm³/mol. The fourth-order valence-electron chi connectivity index (χ4n) is 2.11. The summed E-state index contributed by atoms with van der Waals surface area (Å²) in [5.41, 5.74) is 2.80. The second-order valence-electron chi connectivity index (χ2n) is 5.29. The summed E-state index contributed by atoms with van der Waals surface area (Å²) in [5.74, 6) is 0.0121. The van der Waals surface area contributed by atoms with Gasteiger partial charge in [0.15, 0.2) is 0 Å². The third-order valence-corrected chi connectivity index (χ3v) is 3.71. The van der Waals surface area contributed by atoms with Crippen LogP contribution in [0.2, 0.25) is 5.02 Å². The van der Waals surface area contributed by atoms with E-state index in [-0.39, 0.29) is 5.02 Å². The van der Waals surface area contributed by atoms with Gasteiger partial charge in [0.05, 0.1) is 11.1 Å². The molecule has 0 aromatic heterocycles. The maximum atomic E-state index is 13.4. The van der Waals surface area contributed by atoms with Crippen LogP contribution in [0.3, 0.4) is 0 Å². The number of aliphatic hydroxyl groups is 1. The molecule has 106 valence electrons. The highest BCUT2D eigenvalue weighted by Crippen LogP contribution is 2.23. The second kappa shape index (κ2) is 6.38. The first kappa shape index (κ1) is 15.0. The van der Waals surface area contributed by atoms with Crippen molar-refractivity contribution in [3.8, 4) is 0 Å². The minimum absolute atomic E-state index is 0.101. The lowest BCUT2D eigenvalue weighted by molar-refractivity contribution is 0.178. The fraction of sp³-hybridized carbons (Fsp3) is 0.294. The van der Waals surface area contributed by atoms with Gasteiger partial charge in [-0.15, -0.1) is 0 Å². The summed E-state index contributed by atoms with van der Waals surface area (Å²) in [5, 5.41) is 10.3. The Hall–Kier alpha value is -1.38. The predicted octanol–water partition coefficient (Wildman–Crippen LogP) is 4.88. The van der Waals surface area contributed by atoms with Gasteiger partial charge < -0.3 is 5.11 Å². The Morgan fingerprint density at radius 2 is 1.65 bits per heavy atom. The van der Waals surface area contributed by atoms with E-state index in [0.717, 1.165) is 11.1 Å². The molecule has 3 heteroatoms. The molecule has 0 aliphatic carbocycles. The molecule has 2 aromatic rings. The van der Waals surface area contributed by atoms with Crippen LogP contribution in [0, 0.1) is 5.82 Å². The molecule has 0 radical (unpaired) electrons. The van der Waals surface area contributed by atoms with Crippen LogP contribution in [0.25, 0.3) is 0 Å². The third kappa shape index (κ3) is 3.59. The molecule has 0 aliphatic heterocycles. The lowest BCUT2D eigenvalue weighted by atomic mass is 9.97. The van der Waals surface area contributed by atoms with Crippen LogP contribution in [-0.4, -0.2) is 5.11 Å². The summed E-state index contributed by atoms with van der Waals surface area (Å²) in [6.45, 7) is 4.25. The first-order chi connectivity index (χ1) is 9.47. The molecule has 0 bridgehead atoms. The zero-order valence-electron chi connectivity index (χ0n) is 11.6. The maximum absolute atomic E-state index is 13.4. The van der Waals surface area contributed by atoms with Crippen LogP contribution < -0.4 is 0 Å². The van der Waals surface area contributed by atoms with Crippen molar-refractivity contribution >= 4 is 11.6 Å². The zero-order chi connectivity index (χ0) is 14.7. The topological polar surface area (TPSA) is 20.2 Å². The molecular weight excluding hydrogens is 275 g/mol. The van der Waals surface area contributed by atoms with E-state index >= 15 is 0 Å². The molecule has 0 saturated heterocycles. The fourth-order valence-corrected chi connectivity index (χ4v) is 2.23. The lowest BCUT2D eigenvalue weighted by Gasteiger charge is -2.13. The van der Waals surface area contributed by atoms with Gasteiger partial charge in [-0.05, 0) is 34.7 Å². The van der Waals surface area contributed by atoms with E-state index in [1.54, 1.807) is 6.07 Å². The van der Waals surface area contributed by atoms with Gasteiger partial charge in [0.25, 0.3) is 0 Å². The molecular formula is C17H18ClFO. The summed E-state index contributed by atoms with van der Waals surface area (Å²) in [4.78, 5) is 0. The Kier molecular flexibility index (Phi) is 4.79. The number of hydrogen-bond acceptors (Lipinski definition) is 1. The van der Waals surface area contributed by atoms with Gasteiger partial charge in [-0.2, -0.15) is 0 Å². The minimum atomic E-state index is -0.642. The van der Waals surface area contributed by atoms with Crippen molar-refractivity contribution in [1.29, 1.82) is 0 Å². The highest BCUT2D eigenvalue weighted by molar-refractivity contribution is 6.30. The van der Waals surface area contributed by atoms with E-state index in [9.17, 15) is 9.50 Å². The highest BCUT2D eigenvalue weighted by atomic mass is 35.5. The average molecular weight is 293 g/mol. The van der Waals surface area contributed by atoms with Gasteiger partial charge >= 0.3 is 0 Å². The molecule has 0 fully saturated rings. The van der Waals surface area contributed by atoms with Crippen molar-refractivity contribution in [2.24, 2.45) is 0 Å². The van der Waals surface area contributed by atoms with E-state index in [2.05, 4.69) is 13.8 Å². The molecule has 0 heterocycles. The van der Waals surface area contributed by atoms with Gasteiger partial charge in [-0.1, -0.05) is 55.8 Å². The minimum Gasteiger partial charge on any atom is -0.388 e. The van der Waals surface area contributed by atoms with Crippen LogP contribution in [0.4, 0.5) is 4.39 Å². The van der Waals surface area contributed by atoms with Crippen LogP contribution in [0.15, 0.2) is 42.5 Å². The summed E-state index contributed by atoms with van der Waals surface area (Å²) in [6, 6.07) is 12.5. The quantitative estimate of drug-likeness (QED) is 0.851. The first-order valence-corrected chi connectivity index (χ1v) is 7.07. The number of halogens is 2. The molecule has 1 nitrogen and oxygen atoms in total. The standard InChI is InChI=1S/C17H18ClFO/c1-11(2)13-4-6-14(7-5-13)17(20)10-12-3-8-15(18)16(19)9-12/h3-9,11,17,20H,10H2,1-2H3. The summed E-state index contributed by atoms with van der Waals surface area (Å²) in [7, 11) is 0. The Bertz CT molecular complexity index is 578. The molecule has 20 heavy (non-hydrogen) atoms. The van der Waals surface area contributed by atoms with Crippen LogP contribution in [-0.2, 0) is 6.42 Å². The molecule has 2 aromatic carbocycles. The van der Waals surface area contributed by atoms with E-state index in [4.69, 9.17) is 11.6 Å². The van der Waals surface area contributed by atoms with Crippen molar-refractivity contribution in [3.63, 3.8) is 0 Å². The number of rotatable bonds is 4. The van der Waals surface area contributed by atoms with Crippen molar-refractivity contribution in [1.82, 2.24) is 0 Å². The molecule has 0 saturated carbocycles. The lowest BCUT2D eigenvalue weighted by Crippen LogP contribution is -2.02. The second-order valence-corrected chi connectivity index (χ2v) is 5.70. The van der Waals surface area contributed by atoms with Crippen molar-refractivity contribution < 1.29 is 9.50 Å². The Morgan fingerprint density at radius 3 is 2.20 bits per heavy atom. The summed E-state index contributed by atoms with van der Waals surface area (Å²) in [6.07, 6.45) is -0.272. The molecule has 0 spiro atoms. The van der Waals surface area contributed by atoms with Gasteiger partial charge in [0.1, 0.15) is 5.82 Å². The van der Waals surface area contributed by atoms with Crippen LogP contribution >= 0.6 is 11.6 Å². The summed E-state index contributed by atoms with van der Waals surface area (Å²) >= 11 is 5.64. The third-order valence-electron chi connectivity index (χ3n) is 3.40. The smallest absolute Gasteiger partial charge is 0.142 e. The normalized spacial score (nSPS) is 12.7. The zero-order valence-corrected chi connectivity index (χ0v) is 12.4. The number of hydrogen-bond donors (Lipinski definition) is 1. The van der Waals surface area contributed by atoms with Gasteiger partial charge in [-0.25, -0.2) is 4.39 Å². The van der Waals surface area contributed by atoms with E-state index < -0.39 is 11.9 Å². The number of benzene rings is 2. The Labute approximate surface area is 124 Å². The van der Waals surface area contributed by atoms with Crippen molar-refractivity contribution in [3.05, 3.63) is 70.0 Å². The molecule has 1 atom stereocenters. The van der Waals surface area contributed by atoms with Gasteiger partial charge in [0.2, 0.25) is 0 Å². The Morgan fingerprint density at radius 1 is 1.05 bits per heavy atom. The van der Waals surface area contributed by atoms with E-state index in [1.165, 1.54) is 17.7 Å². The molecule has 0 amide bonds. The van der Waals surface area contributed by atoms with Gasteiger partial charge in [-0.3, -0.25) is 0 Å². The van der Waals surface area contributed by atoms with E-state index in [0.29, 0.717) is 12.3 Å². The van der Waals surface area contributed by atoms with Crippen LogP contribution in [0.5, 0.6) is 0 Å². The molecule has 2 rings (SSSR count).